The quantitative estimate of drug-likeness (QED) is 0.118. The highest BCUT2D eigenvalue weighted by Crippen LogP contribution is 2.38. The summed E-state index contributed by atoms with van der Waals surface area (Å²) in [4.78, 5) is 77.3. The lowest BCUT2D eigenvalue weighted by Gasteiger charge is -2.30. The Labute approximate surface area is 497 Å². The van der Waals surface area contributed by atoms with E-state index < -0.39 is 13.1 Å². The van der Waals surface area contributed by atoms with Crippen molar-refractivity contribution in [3.63, 3.8) is 0 Å². The number of hydrogen-bond donors (Lipinski definition) is 4. The summed E-state index contributed by atoms with van der Waals surface area (Å²) < 4.78 is 28.7. The number of aliphatic carboxylic acids is 1. The maximum atomic E-state index is 12.8. The van der Waals surface area contributed by atoms with Gasteiger partial charge in [-0.2, -0.15) is 0 Å². The minimum absolute atomic E-state index is 0.00296. The molecule has 3 aliphatic rings. The second-order valence-corrected chi connectivity index (χ2v) is 21.9. The van der Waals surface area contributed by atoms with Crippen molar-refractivity contribution in [2.24, 2.45) is 21.1 Å². The number of halogens is 2. The van der Waals surface area contributed by atoms with Gasteiger partial charge in [0.2, 0.25) is 11.8 Å². The summed E-state index contributed by atoms with van der Waals surface area (Å²) in [5.41, 5.74) is 9.75. The Kier molecular flexibility index (Phi) is 26.6. The summed E-state index contributed by atoms with van der Waals surface area (Å²) in [6, 6.07) is 7.22. The average Bonchev–Trinajstić information content (AvgIpc) is 3.63. The van der Waals surface area contributed by atoms with Crippen LogP contribution in [0.25, 0.3) is 11.1 Å². The first kappa shape index (κ1) is 68.2. The van der Waals surface area contributed by atoms with E-state index in [1.54, 1.807) is 98.3 Å². The number of carboxylic acid groups (broad SMARTS) is 1. The van der Waals surface area contributed by atoms with Gasteiger partial charge in [0.05, 0.1) is 52.7 Å². The number of nitrogens with zero attached hydrogens (tertiary/aromatic N) is 7. The van der Waals surface area contributed by atoms with Gasteiger partial charge >= 0.3 is 13.1 Å². The highest BCUT2D eigenvalue weighted by molar-refractivity contribution is 9.10. The van der Waals surface area contributed by atoms with Gasteiger partial charge < -0.3 is 72.7 Å². The molecule has 448 valence electrons. The summed E-state index contributed by atoms with van der Waals surface area (Å²) in [5, 5.41) is 29.3. The highest BCUT2D eigenvalue weighted by Gasteiger charge is 2.28. The molecular formula is C58H81BBr2N8O13. The minimum Gasteiger partial charge on any atom is -0.496 e. The molecule has 8 rings (SSSR count). The largest absolute Gasteiger partial charge is 0.496 e. The number of methoxy groups -OCH3 is 4. The molecule has 0 aliphatic carbocycles. The average molecular weight is 1270 g/mol. The molecule has 0 atom stereocenters. The fourth-order valence-electron chi connectivity index (χ4n) is 9.57. The Hall–Kier alpha value is -6.28. The molecule has 6 heterocycles. The van der Waals surface area contributed by atoms with Crippen molar-refractivity contribution in [2.45, 2.75) is 92.0 Å². The van der Waals surface area contributed by atoms with Gasteiger partial charge in [-0.25, -0.2) is 0 Å². The number of rotatable bonds is 13. The molecule has 82 heavy (non-hydrogen) atoms. The zero-order chi connectivity index (χ0) is 61.3. The second kappa shape index (κ2) is 32.0. The van der Waals surface area contributed by atoms with Gasteiger partial charge in [-0.05, 0) is 138 Å². The van der Waals surface area contributed by atoms with E-state index in [2.05, 4.69) is 42.1 Å². The Morgan fingerprint density at radius 1 is 0.585 bits per heavy atom. The van der Waals surface area contributed by atoms with Crippen LogP contribution in [0.4, 0.5) is 0 Å². The molecule has 21 nitrogen and oxygen atoms in total. The van der Waals surface area contributed by atoms with Gasteiger partial charge in [-0.15, -0.1) is 0 Å². The van der Waals surface area contributed by atoms with E-state index in [1.165, 1.54) is 5.56 Å². The minimum atomic E-state index is -1.54. The molecule has 2 amide bonds. The van der Waals surface area contributed by atoms with Gasteiger partial charge in [0, 0.05) is 123 Å². The molecule has 3 aliphatic heterocycles. The maximum Gasteiger partial charge on any atom is 0.488 e. The van der Waals surface area contributed by atoms with Crippen LogP contribution in [0, 0.1) is 0 Å². The maximum absolute atomic E-state index is 12.8. The molecule has 4 N–H and O–H groups in total. The molecule has 3 aromatic heterocycles. The summed E-state index contributed by atoms with van der Waals surface area (Å²) in [6.07, 6.45) is 8.99. The van der Waals surface area contributed by atoms with Gasteiger partial charge in [0.15, 0.2) is 0 Å². The predicted molar refractivity (Wildman–Crippen MR) is 325 cm³/mol. The first-order valence-electron chi connectivity index (χ1n) is 26.9. The van der Waals surface area contributed by atoms with E-state index in [1.807, 2.05) is 71.5 Å². The number of nitrogens with one attached hydrogen (secondary N) is 1. The van der Waals surface area contributed by atoms with Crippen LogP contribution in [0.15, 0.2) is 66.2 Å². The van der Waals surface area contributed by atoms with Crippen molar-refractivity contribution in [3.05, 3.63) is 127 Å². The van der Waals surface area contributed by atoms with Crippen LogP contribution in [-0.4, -0.2) is 150 Å². The van der Waals surface area contributed by atoms with E-state index in [9.17, 15) is 38.8 Å². The molecule has 2 aromatic carbocycles. The van der Waals surface area contributed by atoms with Gasteiger partial charge in [0.25, 0.3) is 16.7 Å². The summed E-state index contributed by atoms with van der Waals surface area (Å²) in [6.45, 7) is 10.4. The van der Waals surface area contributed by atoms with E-state index >= 15 is 0 Å². The van der Waals surface area contributed by atoms with Crippen molar-refractivity contribution in [2.75, 3.05) is 76.3 Å². The molecule has 0 fully saturated rings. The smallest absolute Gasteiger partial charge is 0.488 e. The van der Waals surface area contributed by atoms with Gasteiger partial charge in [-0.3, -0.25) is 28.8 Å². The Bertz CT molecular complexity index is 3180. The first-order chi connectivity index (χ1) is 38.8. The van der Waals surface area contributed by atoms with E-state index in [0.717, 1.165) is 84.3 Å². The third-order valence-electron chi connectivity index (χ3n) is 13.9. The van der Waals surface area contributed by atoms with Crippen molar-refractivity contribution < 1.29 is 48.5 Å². The van der Waals surface area contributed by atoms with Crippen LogP contribution in [0.3, 0.4) is 0 Å². The third-order valence-corrected chi connectivity index (χ3v) is 15.3. The molecule has 0 saturated heterocycles. The Morgan fingerprint density at radius 3 is 1.35 bits per heavy atom. The molecule has 24 heteroatoms. The number of amides is 2. The zero-order valence-electron chi connectivity index (χ0n) is 49.8. The summed E-state index contributed by atoms with van der Waals surface area (Å²) in [5.74, 6) is 2.10. The van der Waals surface area contributed by atoms with Crippen molar-refractivity contribution in [1.29, 1.82) is 0 Å². The zero-order valence-corrected chi connectivity index (χ0v) is 53.0. The predicted octanol–water partition coefficient (Wildman–Crippen LogP) is 4.59. The number of benzene rings is 2. The number of fused-ring (bicyclic) bond motifs is 3. The second-order valence-electron chi connectivity index (χ2n) is 20.2. The first-order valence-corrected chi connectivity index (χ1v) is 28.5. The number of hydrogen-bond acceptors (Lipinski definition) is 15. The number of aromatic nitrogens is 3. The van der Waals surface area contributed by atoms with Crippen LogP contribution in [0.2, 0.25) is 0 Å². The van der Waals surface area contributed by atoms with Crippen molar-refractivity contribution in [3.8, 4) is 34.1 Å². The molecule has 0 unspecified atom stereocenters. The molecule has 0 radical (unpaired) electrons. The Morgan fingerprint density at radius 2 is 0.963 bits per heavy atom. The lowest BCUT2D eigenvalue weighted by molar-refractivity contribution is -0.136. The topological polar surface area (TPSA) is 240 Å². The lowest BCUT2D eigenvalue weighted by Crippen LogP contribution is -2.40. The van der Waals surface area contributed by atoms with E-state index in [-0.39, 0.29) is 34.9 Å². The monoisotopic (exact) mass is 1270 g/mol. The molecule has 0 spiro atoms. The molecule has 0 bridgehead atoms. The van der Waals surface area contributed by atoms with Crippen LogP contribution >= 0.6 is 31.9 Å². The SMILES string of the molecule is CCC(=O)N1CCc2c(-c3cc(OC)c(CN(C)C)c(OC)c3)cn(C)c(=O)c2C1.CCC(=O)N1CCc2c(Br)cn(C)c(=O)c2C1.CCC(=O)O.COc1cc(B(O)O)cc(OC)c1CN(C)C.Cn1cc(Br)c2c(c1=O)CNCC2. The number of pyridine rings is 3. The molecule has 5 aromatic rings. The van der Waals surface area contributed by atoms with Crippen LogP contribution in [-0.2, 0) is 87.5 Å². The van der Waals surface area contributed by atoms with Crippen LogP contribution < -0.4 is 46.4 Å². The summed E-state index contributed by atoms with van der Waals surface area (Å²) >= 11 is 6.96. The van der Waals surface area contributed by atoms with Crippen LogP contribution in [0.1, 0.15) is 84.5 Å². The Balaban J connectivity index is 0.000000239. The molecule has 0 saturated carbocycles. The number of carbonyl (C=O) groups excluding carboxylic acids is 2. The van der Waals surface area contributed by atoms with E-state index in [4.69, 9.17) is 24.1 Å². The molecular weight excluding hydrogens is 1190 g/mol. The van der Waals surface area contributed by atoms with E-state index in [0.29, 0.717) is 87.6 Å². The number of carbonyl (C=O) groups is 3. The van der Waals surface area contributed by atoms with Crippen molar-refractivity contribution in [1.82, 2.24) is 38.6 Å². The standard InChI is InChI=1S/C23H31N3O4.C12H15BrN2O2.C11H18BNO4.C9H11BrN2O.C3H6O2/c1-7-22(27)26-9-8-16-17(13-25(4)23(28)18(16)14-26)15-10-20(29-5)19(12-24(2)3)21(11-15)30-6;1-3-11(16)15-5-4-8-9(6-15)12(17)14(2)7-10(8)13;1-13(2)7-9-10(16-3)5-8(12(14)15)6-11(9)17-4;1-12-5-8(10)6-2-3-11-4-7(6)9(12)13;1-2-3(4)5/h10-11,13H,7-9,12,14H2,1-6H3;7H,3-6H2,1-2H3;5-6,14-15H,7H2,1-4H3;5,11H,2-4H2,1H3;2H2,1H3,(H,4,5). The number of ether oxygens (including phenoxy) is 4. The summed E-state index contributed by atoms with van der Waals surface area (Å²) in [7, 11) is 18.0. The van der Waals surface area contributed by atoms with Crippen molar-refractivity contribution >= 4 is 62.2 Å². The number of carboxylic acids is 1. The number of aryl methyl sites for hydroxylation is 3. The highest BCUT2D eigenvalue weighted by atomic mass is 79.9. The third kappa shape index (κ3) is 17.6. The van der Waals surface area contributed by atoms with Crippen LogP contribution in [0.5, 0.6) is 23.0 Å². The normalized spacial score (nSPS) is 13.0. The van der Waals surface area contributed by atoms with Gasteiger partial charge in [0.1, 0.15) is 23.0 Å². The van der Waals surface area contributed by atoms with Gasteiger partial charge in [-0.1, -0.05) is 20.8 Å². The fourth-order valence-corrected chi connectivity index (χ4v) is 11.1. The lowest BCUT2D eigenvalue weighted by atomic mass is 9.79. The fraction of sp³-hybridized carbons (Fsp3) is 0.483.